The summed E-state index contributed by atoms with van der Waals surface area (Å²) >= 11 is 0. The quantitative estimate of drug-likeness (QED) is 0.717. The van der Waals surface area contributed by atoms with Crippen LogP contribution in [-0.2, 0) is 9.53 Å². The van der Waals surface area contributed by atoms with E-state index < -0.39 is 11.6 Å². The molecule has 3 aliphatic rings. The summed E-state index contributed by atoms with van der Waals surface area (Å²) in [5.41, 5.74) is 6.97. The van der Waals surface area contributed by atoms with Gasteiger partial charge in [0.25, 0.3) is 0 Å². The van der Waals surface area contributed by atoms with Gasteiger partial charge in [-0.3, -0.25) is 4.79 Å². The molecule has 2 aromatic rings. The highest BCUT2D eigenvalue weighted by Gasteiger charge is 2.46. The van der Waals surface area contributed by atoms with Crippen LogP contribution in [0.3, 0.4) is 0 Å². The number of anilines is 3. The van der Waals surface area contributed by atoms with Crippen LogP contribution in [0.15, 0.2) is 24.3 Å². The summed E-state index contributed by atoms with van der Waals surface area (Å²) in [6, 6.07) is 5.93. The van der Waals surface area contributed by atoms with Crippen LogP contribution in [0.1, 0.15) is 63.0 Å². The average molecular weight is 458 g/mol. The first-order chi connectivity index (χ1) is 15.9. The number of halogens is 2. The van der Waals surface area contributed by atoms with Gasteiger partial charge in [-0.15, -0.1) is 0 Å². The Kier molecular flexibility index (Phi) is 5.90. The van der Waals surface area contributed by atoms with Crippen LogP contribution >= 0.6 is 0 Å². The van der Waals surface area contributed by atoms with Gasteiger partial charge in [0.1, 0.15) is 5.82 Å². The molecule has 33 heavy (non-hydrogen) atoms. The zero-order valence-corrected chi connectivity index (χ0v) is 18.5. The second-order valence-corrected chi connectivity index (χ2v) is 9.42. The molecular weight excluding hydrogens is 428 g/mol. The van der Waals surface area contributed by atoms with E-state index in [4.69, 9.17) is 10.5 Å². The molecule has 3 N–H and O–H groups in total. The predicted molar refractivity (Wildman–Crippen MR) is 121 cm³/mol. The Morgan fingerprint density at radius 2 is 1.91 bits per heavy atom. The molecule has 3 heterocycles. The zero-order valence-electron chi connectivity index (χ0n) is 18.5. The van der Waals surface area contributed by atoms with Crippen molar-refractivity contribution in [2.24, 2.45) is 0 Å². The van der Waals surface area contributed by atoms with Crippen molar-refractivity contribution < 1.29 is 18.3 Å². The van der Waals surface area contributed by atoms with Crippen molar-refractivity contribution in [2.45, 2.75) is 68.9 Å². The van der Waals surface area contributed by atoms with E-state index in [0.29, 0.717) is 24.5 Å². The number of piperidine rings is 1. The van der Waals surface area contributed by atoms with Gasteiger partial charge in [0, 0.05) is 42.3 Å². The fraction of sp³-hybridized carbons (Fsp3) is 0.542. The Hall–Kier alpha value is -2.81. The van der Waals surface area contributed by atoms with E-state index in [9.17, 15) is 13.6 Å². The maximum atomic E-state index is 14.0. The number of carbonyl (C=O) groups is 1. The van der Waals surface area contributed by atoms with Crippen molar-refractivity contribution in [1.29, 1.82) is 0 Å². The monoisotopic (exact) mass is 457 g/mol. The summed E-state index contributed by atoms with van der Waals surface area (Å²) in [5, 5.41) is 3.39. The second kappa shape index (κ2) is 8.85. The molecule has 1 amide bonds. The molecule has 1 aliphatic carbocycles. The average Bonchev–Trinajstić information content (AvgIpc) is 3.29. The number of benzene rings is 1. The molecule has 1 spiro atoms. The van der Waals surface area contributed by atoms with Crippen molar-refractivity contribution in [1.82, 2.24) is 9.97 Å². The minimum atomic E-state index is -0.932. The SMILES string of the molecule is Nc1nc(N[C@@H]2CCOC2)cc(C2CCC3(CCCC(=O)N3c3ccc(F)c(F)c3)CC2)n1. The second-order valence-electron chi connectivity index (χ2n) is 9.42. The van der Waals surface area contributed by atoms with E-state index >= 15 is 0 Å². The number of nitrogens with zero attached hydrogens (tertiary/aromatic N) is 3. The number of ether oxygens (including phenoxy) is 1. The number of nitrogens with one attached hydrogen (secondary N) is 1. The fourth-order valence-corrected chi connectivity index (χ4v) is 5.65. The van der Waals surface area contributed by atoms with Gasteiger partial charge in [0.2, 0.25) is 11.9 Å². The third-order valence-electron chi connectivity index (χ3n) is 7.30. The number of nitrogens with two attached hydrogens (primary N) is 1. The van der Waals surface area contributed by atoms with Crippen LogP contribution in [0.4, 0.5) is 26.2 Å². The molecule has 3 fully saturated rings. The van der Waals surface area contributed by atoms with Gasteiger partial charge in [-0.2, -0.15) is 4.98 Å². The summed E-state index contributed by atoms with van der Waals surface area (Å²) in [6.45, 7) is 1.39. The van der Waals surface area contributed by atoms with Crippen LogP contribution < -0.4 is 16.0 Å². The molecule has 1 aromatic heterocycles. The summed E-state index contributed by atoms with van der Waals surface area (Å²) in [5.74, 6) is -0.711. The van der Waals surface area contributed by atoms with E-state index in [1.54, 1.807) is 4.90 Å². The third-order valence-corrected chi connectivity index (χ3v) is 7.30. The molecule has 1 saturated carbocycles. The lowest BCUT2D eigenvalue weighted by Crippen LogP contribution is -2.56. The molecule has 5 rings (SSSR count). The van der Waals surface area contributed by atoms with Crippen LogP contribution in [0.2, 0.25) is 0 Å². The molecule has 176 valence electrons. The summed E-state index contributed by atoms with van der Waals surface area (Å²) in [7, 11) is 0. The number of rotatable bonds is 4. The molecule has 2 aliphatic heterocycles. The Morgan fingerprint density at radius 3 is 2.64 bits per heavy atom. The number of carbonyl (C=O) groups excluding carboxylic acids is 1. The van der Waals surface area contributed by atoms with E-state index in [2.05, 4.69) is 15.3 Å². The molecule has 0 bridgehead atoms. The van der Waals surface area contributed by atoms with Gasteiger partial charge in [-0.25, -0.2) is 13.8 Å². The highest BCUT2D eigenvalue weighted by Crippen LogP contribution is 2.47. The topological polar surface area (TPSA) is 93.4 Å². The molecule has 0 unspecified atom stereocenters. The highest BCUT2D eigenvalue weighted by atomic mass is 19.2. The summed E-state index contributed by atoms with van der Waals surface area (Å²) in [6.07, 6.45) is 6.21. The Bertz CT molecular complexity index is 1040. The molecule has 7 nitrogen and oxygen atoms in total. The fourth-order valence-electron chi connectivity index (χ4n) is 5.65. The Balaban J connectivity index is 1.35. The smallest absolute Gasteiger partial charge is 0.227 e. The lowest BCUT2D eigenvalue weighted by Gasteiger charge is -2.50. The first-order valence-corrected chi connectivity index (χ1v) is 11.7. The minimum Gasteiger partial charge on any atom is -0.379 e. The van der Waals surface area contributed by atoms with Gasteiger partial charge in [-0.1, -0.05) is 0 Å². The van der Waals surface area contributed by atoms with Crippen LogP contribution in [0.25, 0.3) is 0 Å². The van der Waals surface area contributed by atoms with E-state index in [1.165, 1.54) is 6.07 Å². The molecule has 9 heteroatoms. The predicted octanol–water partition coefficient (Wildman–Crippen LogP) is 4.15. The number of nitrogen functional groups attached to an aromatic ring is 1. The van der Waals surface area contributed by atoms with Crippen molar-refractivity contribution >= 4 is 23.4 Å². The molecule has 2 saturated heterocycles. The van der Waals surface area contributed by atoms with Gasteiger partial charge < -0.3 is 20.7 Å². The number of hydrogen-bond acceptors (Lipinski definition) is 6. The van der Waals surface area contributed by atoms with E-state index in [-0.39, 0.29) is 29.4 Å². The minimum absolute atomic E-state index is 0.0257. The van der Waals surface area contributed by atoms with Crippen LogP contribution in [0.5, 0.6) is 0 Å². The number of amides is 1. The Labute approximate surface area is 191 Å². The number of aromatic nitrogens is 2. The first-order valence-electron chi connectivity index (χ1n) is 11.7. The third kappa shape index (κ3) is 4.38. The number of hydrogen-bond donors (Lipinski definition) is 2. The normalized spacial score (nSPS) is 27.8. The molecular formula is C24H29F2N5O2. The van der Waals surface area contributed by atoms with Crippen molar-refractivity contribution in [2.75, 3.05) is 29.2 Å². The van der Waals surface area contributed by atoms with Gasteiger partial charge >= 0.3 is 0 Å². The largest absolute Gasteiger partial charge is 0.379 e. The lowest BCUT2D eigenvalue weighted by atomic mass is 9.70. The molecule has 0 radical (unpaired) electrons. The molecule has 1 atom stereocenters. The first kappa shape index (κ1) is 22.0. The zero-order chi connectivity index (χ0) is 23.0. The standard InChI is InChI=1S/C24H29F2N5O2/c25-18-4-3-17(12-19(18)26)31-22(32)2-1-8-24(31)9-5-15(6-10-24)20-13-21(30-23(27)29-20)28-16-7-11-33-14-16/h3-4,12-13,15-16H,1-2,5-11,14H2,(H3,27,28,29,30)/t15?,16-,24?/m1/s1. The van der Waals surface area contributed by atoms with Crippen molar-refractivity contribution in [3.8, 4) is 0 Å². The van der Waals surface area contributed by atoms with Crippen molar-refractivity contribution in [3.05, 3.63) is 41.6 Å². The Morgan fingerprint density at radius 1 is 1.09 bits per heavy atom. The van der Waals surface area contributed by atoms with Gasteiger partial charge in [0.05, 0.1) is 18.3 Å². The lowest BCUT2D eigenvalue weighted by molar-refractivity contribution is -0.122. The summed E-state index contributed by atoms with van der Waals surface area (Å²) in [4.78, 5) is 23.5. The highest BCUT2D eigenvalue weighted by molar-refractivity contribution is 5.95. The summed E-state index contributed by atoms with van der Waals surface area (Å²) < 4.78 is 32.9. The molecule has 1 aromatic carbocycles. The van der Waals surface area contributed by atoms with Crippen molar-refractivity contribution in [3.63, 3.8) is 0 Å². The van der Waals surface area contributed by atoms with Crippen LogP contribution in [-0.4, -0.2) is 40.7 Å². The maximum Gasteiger partial charge on any atom is 0.227 e. The van der Waals surface area contributed by atoms with E-state index in [0.717, 1.165) is 69.4 Å². The van der Waals surface area contributed by atoms with Gasteiger partial charge in [0.15, 0.2) is 11.6 Å². The van der Waals surface area contributed by atoms with Gasteiger partial charge in [-0.05, 0) is 57.1 Å². The maximum absolute atomic E-state index is 14.0. The van der Waals surface area contributed by atoms with Crippen LogP contribution in [0, 0.1) is 11.6 Å². The van der Waals surface area contributed by atoms with E-state index in [1.807, 2.05) is 6.07 Å².